The van der Waals surface area contributed by atoms with E-state index in [0.29, 0.717) is 5.92 Å². The standard InChI is InChI=1S/C21H33N5/c1-16-14-24-26(3)20(16)18-11-12-19(23-15-18)25-21(2,22)13-17-9-7-5-4-6-8-10-17/h11-12,14-15,17H,4-10,13,22H2,1-3H3,(H,23,25). The molecule has 3 N–H and O–H groups in total. The van der Waals surface area contributed by atoms with Gasteiger partial charge in [-0.2, -0.15) is 5.10 Å². The fourth-order valence-electron chi connectivity index (χ4n) is 4.26. The minimum Gasteiger partial charge on any atom is -0.353 e. The Kier molecular flexibility index (Phi) is 5.97. The first-order chi connectivity index (χ1) is 12.4. The van der Waals surface area contributed by atoms with Gasteiger partial charge >= 0.3 is 0 Å². The smallest absolute Gasteiger partial charge is 0.127 e. The second kappa shape index (κ2) is 8.21. The van der Waals surface area contributed by atoms with E-state index in [2.05, 4.69) is 35.3 Å². The van der Waals surface area contributed by atoms with Gasteiger partial charge in [-0.15, -0.1) is 0 Å². The molecule has 2 heterocycles. The fourth-order valence-corrected chi connectivity index (χ4v) is 4.26. The van der Waals surface area contributed by atoms with E-state index in [9.17, 15) is 0 Å². The highest BCUT2D eigenvalue weighted by Crippen LogP contribution is 2.29. The maximum atomic E-state index is 6.59. The lowest BCUT2D eigenvalue weighted by Gasteiger charge is -2.32. The number of hydrogen-bond donors (Lipinski definition) is 2. The summed E-state index contributed by atoms with van der Waals surface area (Å²) in [6.45, 7) is 4.16. The maximum Gasteiger partial charge on any atom is 0.127 e. The zero-order valence-electron chi connectivity index (χ0n) is 16.5. The number of pyridine rings is 1. The number of nitrogens with zero attached hydrogens (tertiary/aromatic N) is 3. The monoisotopic (exact) mass is 355 g/mol. The zero-order chi connectivity index (χ0) is 18.6. The highest BCUT2D eigenvalue weighted by atomic mass is 15.3. The summed E-state index contributed by atoms with van der Waals surface area (Å²) in [4.78, 5) is 4.60. The average Bonchev–Trinajstić information content (AvgIpc) is 2.89. The third-order valence-corrected chi connectivity index (χ3v) is 5.51. The van der Waals surface area contributed by atoms with Gasteiger partial charge in [-0.25, -0.2) is 4.98 Å². The molecule has 0 spiro atoms. The Morgan fingerprint density at radius 3 is 2.42 bits per heavy atom. The Hall–Kier alpha value is -1.88. The second-order valence-electron chi connectivity index (χ2n) is 8.19. The van der Waals surface area contributed by atoms with Crippen LogP contribution in [0.1, 0.15) is 63.9 Å². The minimum atomic E-state index is -0.430. The predicted molar refractivity (Wildman–Crippen MR) is 108 cm³/mol. The molecule has 1 aliphatic rings. The van der Waals surface area contributed by atoms with Gasteiger partial charge in [-0.1, -0.05) is 44.9 Å². The van der Waals surface area contributed by atoms with E-state index < -0.39 is 5.66 Å². The second-order valence-corrected chi connectivity index (χ2v) is 8.19. The van der Waals surface area contributed by atoms with Crippen LogP contribution in [0, 0.1) is 12.8 Å². The van der Waals surface area contributed by atoms with E-state index in [4.69, 9.17) is 5.73 Å². The highest BCUT2D eigenvalue weighted by molar-refractivity contribution is 5.63. The first-order valence-corrected chi connectivity index (χ1v) is 9.97. The fraction of sp³-hybridized carbons (Fsp3) is 0.619. The van der Waals surface area contributed by atoms with E-state index in [0.717, 1.165) is 29.1 Å². The first-order valence-electron chi connectivity index (χ1n) is 9.97. The molecule has 1 aliphatic carbocycles. The molecular formula is C21H33N5. The third kappa shape index (κ3) is 4.85. The molecule has 5 heteroatoms. The van der Waals surface area contributed by atoms with Gasteiger partial charge in [-0.05, 0) is 43.9 Å². The van der Waals surface area contributed by atoms with Crippen LogP contribution in [-0.2, 0) is 7.05 Å². The molecule has 0 saturated heterocycles. The number of hydrogen-bond acceptors (Lipinski definition) is 4. The molecule has 2 aromatic heterocycles. The summed E-state index contributed by atoms with van der Waals surface area (Å²) in [6, 6.07) is 4.11. The number of aryl methyl sites for hydroxylation is 2. The highest BCUT2D eigenvalue weighted by Gasteiger charge is 2.24. The maximum absolute atomic E-state index is 6.59. The number of nitrogens with one attached hydrogen (secondary N) is 1. The molecule has 0 aliphatic heterocycles. The molecule has 5 nitrogen and oxygen atoms in total. The average molecular weight is 356 g/mol. The molecule has 0 bridgehead atoms. The van der Waals surface area contributed by atoms with E-state index in [1.807, 2.05) is 30.2 Å². The van der Waals surface area contributed by atoms with Crippen LogP contribution in [-0.4, -0.2) is 20.4 Å². The Morgan fingerprint density at radius 2 is 1.85 bits per heavy atom. The third-order valence-electron chi connectivity index (χ3n) is 5.51. The van der Waals surface area contributed by atoms with Crippen molar-refractivity contribution in [3.8, 4) is 11.3 Å². The van der Waals surface area contributed by atoms with E-state index in [-0.39, 0.29) is 0 Å². The van der Waals surface area contributed by atoms with Gasteiger partial charge in [0.05, 0.1) is 17.6 Å². The number of anilines is 1. The molecule has 142 valence electrons. The van der Waals surface area contributed by atoms with Gasteiger partial charge in [0.1, 0.15) is 5.82 Å². The molecule has 1 atom stereocenters. The van der Waals surface area contributed by atoms with E-state index in [1.54, 1.807) is 0 Å². The first kappa shape index (κ1) is 18.9. The van der Waals surface area contributed by atoms with E-state index in [1.165, 1.54) is 44.9 Å². The summed E-state index contributed by atoms with van der Waals surface area (Å²) in [6.07, 6.45) is 14.2. The van der Waals surface area contributed by atoms with Gasteiger partial charge in [0.15, 0.2) is 0 Å². The van der Waals surface area contributed by atoms with Crippen molar-refractivity contribution >= 4 is 5.82 Å². The summed E-state index contributed by atoms with van der Waals surface area (Å²) in [5, 5.41) is 7.75. The van der Waals surface area contributed by atoms with Crippen LogP contribution < -0.4 is 11.1 Å². The topological polar surface area (TPSA) is 68.8 Å². The quantitative estimate of drug-likeness (QED) is 0.767. The molecule has 2 aromatic rings. The van der Waals surface area contributed by atoms with Gasteiger partial charge < -0.3 is 11.1 Å². The van der Waals surface area contributed by atoms with Crippen molar-refractivity contribution in [2.45, 2.75) is 70.9 Å². The molecule has 1 fully saturated rings. The minimum absolute atomic E-state index is 0.430. The van der Waals surface area contributed by atoms with Gasteiger partial charge in [0.25, 0.3) is 0 Å². The largest absolute Gasteiger partial charge is 0.353 e. The Balaban J connectivity index is 1.63. The van der Waals surface area contributed by atoms with Gasteiger partial charge in [-0.3, -0.25) is 4.68 Å². The van der Waals surface area contributed by atoms with Crippen molar-refractivity contribution in [2.75, 3.05) is 5.32 Å². The van der Waals surface area contributed by atoms with Crippen LogP contribution in [0.25, 0.3) is 11.3 Å². The molecule has 1 unspecified atom stereocenters. The van der Waals surface area contributed by atoms with Crippen molar-refractivity contribution < 1.29 is 0 Å². The van der Waals surface area contributed by atoms with Crippen LogP contribution in [0.15, 0.2) is 24.5 Å². The molecule has 26 heavy (non-hydrogen) atoms. The molecular weight excluding hydrogens is 322 g/mol. The number of aromatic nitrogens is 3. The van der Waals surface area contributed by atoms with Crippen molar-refractivity contribution in [2.24, 2.45) is 18.7 Å². The van der Waals surface area contributed by atoms with Crippen LogP contribution in [0.4, 0.5) is 5.82 Å². The zero-order valence-corrected chi connectivity index (χ0v) is 16.5. The summed E-state index contributed by atoms with van der Waals surface area (Å²) < 4.78 is 1.89. The Labute approximate surface area is 157 Å². The Morgan fingerprint density at radius 1 is 1.15 bits per heavy atom. The summed E-state index contributed by atoms with van der Waals surface area (Å²) in [5.74, 6) is 1.55. The lowest BCUT2D eigenvalue weighted by Crippen LogP contribution is -2.46. The van der Waals surface area contributed by atoms with E-state index >= 15 is 0 Å². The van der Waals surface area contributed by atoms with Crippen LogP contribution in [0.3, 0.4) is 0 Å². The van der Waals surface area contributed by atoms with Gasteiger partial charge in [0, 0.05) is 18.8 Å². The predicted octanol–water partition coefficient (Wildman–Crippen LogP) is 4.63. The summed E-state index contributed by atoms with van der Waals surface area (Å²) >= 11 is 0. The summed E-state index contributed by atoms with van der Waals surface area (Å²) in [7, 11) is 1.96. The number of rotatable bonds is 5. The van der Waals surface area contributed by atoms with Crippen LogP contribution in [0.2, 0.25) is 0 Å². The summed E-state index contributed by atoms with van der Waals surface area (Å²) in [5.41, 5.74) is 9.49. The SMILES string of the molecule is Cc1cnn(C)c1-c1ccc(NC(C)(N)CC2CCCCCCC2)nc1. The molecule has 0 amide bonds. The molecule has 0 aromatic carbocycles. The number of nitrogens with two attached hydrogens (primary N) is 1. The van der Waals surface area contributed by atoms with Crippen molar-refractivity contribution in [1.29, 1.82) is 0 Å². The van der Waals surface area contributed by atoms with Crippen LogP contribution in [0.5, 0.6) is 0 Å². The van der Waals surface area contributed by atoms with Crippen molar-refractivity contribution in [3.63, 3.8) is 0 Å². The lowest BCUT2D eigenvalue weighted by molar-refractivity contribution is 0.302. The Bertz CT molecular complexity index is 674. The van der Waals surface area contributed by atoms with Crippen molar-refractivity contribution in [1.82, 2.24) is 14.8 Å². The normalized spacial score (nSPS) is 18.8. The van der Waals surface area contributed by atoms with Gasteiger partial charge in [0.2, 0.25) is 0 Å². The molecule has 0 radical (unpaired) electrons. The molecule has 1 saturated carbocycles. The lowest BCUT2D eigenvalue weighted by atomic mass is 9.85. The van der Waals surface area contributed by atoms with Crippen LogP contribution >= 0.6 is 0 Å². The van der Waals surface area contributed by atoms with Crippen molar-refractivity contribution in [3.05, 3.63) is 30.1 Å². The molecule has 3 rings (SSSR count).